The van der Waals surface area contributed by atoms with Gasteiger partial charge in [0.1, 0.15) is 5.82 Å². The summed E-state index contributed by atoms with van der Waals surface area (Å²) >= 11 is 0. The van der Waals surface area contributed by atoms with Crippen LogP contribution in [-0.2, 0) is 6.54 Å². The molecule has 82 valence electrons. The van der Waals surface area contributed by atoms with Gasteiger partial charge in [-0.2, -0.15) is 5.10 Å². The van der Waals surface area contributed by atoms with Gasteiger partial charge in [-0.3, -0.25) is 9.79 Å². The number of carbonyl (C=O) groups excluding carboxylic acids is 1. The number of nitrogens with zero attached hydrogens (tertiary/aromatic N) is 3. The molecule has 0 unspecified atom stereocenters. The van der Waals surface area contributed by atoms with Gasteiger partial charge >= 0.3 is 0 Å². The summed E-state index contributed by atoms with van der Waals surface area (Å²) < 4.78 is 1.76. The molecule has 0 aliphatic carbocycles. The Morgan fingerprint density at radius 1 is 1.67 bits per heavy atom. The third-order valence-electron chi connectivity index (χ3n) is 2.23. The molecule has 0 bridgehead atoms. The first-order valence-electron chi connectivity index (χ1n) is 4.87. The van der Waals surface area contributed by atoms with E-state index in [9.17, 15) is 4.79 Å². The summed E-state index contributed by atoms with van der Waals surface area (Å²) in [6.45, 7) is 6.36. The van der Waals surface area contributed by atoms with Crippen LogP contribution in [-0.4, -0.2) is 28.9 Å². The fourth-order valence-corrected chi connectivity index (χ4v) is 1.32. The highest BCUT2D eigenvalue weighted by Crippen LogP contribution is 2.17. The van der Waals surface area contributed by atoms with E-state index in [4.69, 9.17) is 0 Å². The zero-order valence-electron chi connectivity index (χ0n) is 9.53. The molecule has 5 heteroatoms. The van der Waals surface area contributed by atoms with Crippen molar-refractivity contribution in [2.45, 2.75) is 27.3 Å². The van der Waals surface area contributed by atoms with Crippen LogP contribution in [0.4, 0.5) is 5.82 Å². The van der Waals surface area contributed by atoms with E-state index in [0.29, 0.717) is 17.9 Å². The number of aliphatic imine (C=N–C) groups is 1. The fraction of sp³-hybridized carbons (Fsp3) is 0.500. The van der Waals surface area contributed by atoms with E-state index in [1.54, 1.807) is 11.7 Å². The van der Waals surface area contributed by atoms with Gasteiger partial charge in [0, 0.05) is 13.6 Å². The van der Waals surface area contributed by atoms with Crippen LogP contribution in [0, 0.1) is 6.92 Å². The van der Waals surface area contributed by atoms with Crippen molar-refractivity contribution in [1.29, 1.82) is 0 Å². The van der Waals surface area contributed by atoms with Gasteiger partial charge in [-0.15, -0.1) is 0 Å². The molecule has 1 heterocycles. The van der Waals surface area contributed by atoms with Crippen LogP contribution in [0.3, 0.4) is 0 Å². The first kappa shape index (κ1) is 11.4. The smallest absolute Gasteiger partial charge is 0.155 e. The summed E-state index contributed by atoms with van der Waals surface area (Å²) in [5.74, 6) is 1.47. The highest BCUT2D eigenvalue weighted by molar-refractivity contribution is 5.97. The number of aldehydes is 1. The van der Waals surface area contributed by atoms with Crippen molar-refractivity contribution in [3.05, 3.63) is 11.3 Å². The molecule has 5 nitrogen and oxygen atoms in total. The fourth-order valence-electron chi connectivity index (χ4n) is 1.32. The summed E-state index contributed by atoms with van der Waals surface area (Å²) in [4.78, 5) is 14.9. The van der Waals surface area contributed by atoms with E-state index in [0.717, 1.165) is 17.8 Å². The monoisotopic (exact) mass is 208 g/mol. The molecule has 0 aliphatic rings. The van der Waals surface area contributed by atoms with Gasteiger partial charge in [0.15, 0.2) is 6.29 Å². The van der Waals surface area contributed by atoms with E-state index in [1.807, 2.05) is 20.8 Å². The van der Waals surface area contributed by atoms with E-state index < -0.39 is 0 Å². The zero-order valence-corrected chi connectivity index (χ0v) is 9.53. The molecule has 1 rings (SSSR count). The van der Waals surface area contributed by atoms with Crippen molar-refractivity contribution >= 4 is 17.9 Å². The van der Waals surface area contributed by atoms with Crippen molar-refractivity contribution in [1.82, 2.24) is 9.78 Å². The minimum Gasteiger partial charge on any atom is -0.329 e. The van der Waals surface area contributed by atoms with Crippen molar-refractivity contribution < 1.29 is 4.79 Å². The van der Waals surface area contributed by atoms with Gasteiger partial charge in [-0.05, 0) is 20.8 Å². The predicted octanol–water partition coefficient (Wildman–Crippen LogP) is 1.48. The summed E-state index contributed by atoms with van der Waals surface area (Å²) in [6, 6.07) is 0. The summed E-state index contributed by atoms with van der Waals surface area (Å²) in [5.41, 5.74) is 1.33. The highest BCUT2D eigenvalue weighted by atomic mass is 16.1. The van der Waals surface area contributed by atoms with Gasteiger partial charge in [0.2, 0.25) is 0 Å². The number of aromatic nitrogens is 2. The Bertz CT molecular complexity index is 392. The molecular formula is C10H16N4O. The number of hydrogen-bond donors (Lipinski definition) is 1. The summed E-state index contributed by atoms with van der Waals surface area (Å²) in [5, 5.41) is 7.33. The Morgan fingerprint density at radius 2 is 2.33 bits per heavy atom. The van der Waals surface area contributed by atoms with Crippen molar-refractivity contribution in [2.24, 2.45) is 4.99 Å². The minimum absolute atomic E-state index is 0.597. The first-order chi connectivity index (χ1) is 7.13. The highest BCUT2D eigenvalue weighted by Gasteiger charge is 2.13. The maximum Gasteiger partial charge on any atom is 0.155 e. The number of nitrogens with one attached hydrogen (secondary N) is 1. The lowest BCUT2D eigenvalue weighted by atomic mass is 10.2. The van der Waals surface area contributed by atoms with Crippen LogP contribution >= 0.6 is 0 Å². The van der Waals surface area contributed by atoms with Gasteiger partial charge in [0.05, 0.1) is 17.1 Å². The lowest BCUT2D eigenvalue weighted by Gasteiger charge is -2.07. The molecule has 1 N–H and O–H groups in total. The zero-order chi connectivity index (χ0) is 11.4. The third kappa shape index (κ3) is 2.23. The van der Waals surface area contributed by atoms with Gasteiger partial charge in [0.25, 0.3) is 0 Å². The average molecular weight is 208 g/mol. The normalized spacial score (nSPS) is 11.6. The quantitative estimate of drug-likeness (QED) is 0.465. The number of aryl methyl sites for hydroxylation is 2. The molecule has 0 saturated carbocycles. The molecule has 0 aromatic carbocycles. The first-order valence-corrected chi connectivity index (χ1v) is 4.87. The van der Waals surface area contributed by atoms with Crippen LogP contribution in [0.5, 0.6) is 0 Å². The second-order valence-corrected chi connectivity index (χ2v) is 3.22. The molecular weight excluding hydrogens is 192 g/mol. The molecule has 0 saturated heterocycles. The van der Waals surface area contributed by atoms with E-state index in [-0.39, 0.29) is 0 Å². The van der Waals surface area contributed by atoms with E-state index in [2.05, 4.69) is 15.4 Å². The summed E-state index contributed by atoms with van der Waals surface area (Å²) in [6.07, 6.45) is 0.819. The standard InChI is InChI=1S/C10H16N4O/c1-5-14-10(12-8(3)11-4)9(6-15)7(2)13-14/h6H,5H2,1-4H3,(H,11,12). The molecule has 0 aliphatic heterocycles. The second kappa shape index (κ2) is 4.72. The van der Waals surface area contributed by atoms with Gasteiger partial charge < -0.3 is 5.32 Å². The Balaban J connectivity index is 3.17. The second-order valence-electron chi connectivity index (χ2n) is 3.22. The lowest BCUT2D eigenvalue weighted by molar-refractivity contribution is 0.112. The molecule has 0 radical (unpaired) electrons. The minimum atomic E-state index is 0.597. The number of rotatable bonds is 3. The average Bonchev–Trinajstić information content (AvgIpc) is 2.54. The van der Waals surface area contributed by atoms with Crippen molar-refractivity contribution in [2.75, 3.05) is 12.4 Å². The lowest BCUT2D eigenvalue weighted by Crippen LogP contribution is -2.13. The third-order valence-corrected chi connectivity index (χ3v) is 2.23. The van der Waals surface area contributed by atoms with Crippen LogP contribution < -0.4 is 5.32 Å². The van der Waals surface area contributed by atoms with E-state index in [1.165, 1.54) is 0 Å². The number of anilines is 1. The molecule has 15 heavy (non-hydrogen) atoms. The van der Waals surface area contributed by atoms with E-state index >= 15 is 0 Å². The largest absolute Gasteiger partial charge is 0.329 e. The topological polar surface area (TPSA) is 59.3 Å². The molecule has 1 aromatic heterocycles. The Labute approximate surface area is 89.2 Å². The van der Waals surface area contributed by atoms with Crippen LogP contribution in [0.1, 0.15) is 29.9 Å². The van der Waals surface area contributed by atoms with Crippen LogP contribution in [0.2, 0.25) is 0 Å². The molecule has 0 atom stereocenters. The van der Waals surface area contributed by atoms with Crippen molar-refractivity contribution in [3.8, 4) is 0 Å². The van der Waals surface area contributed by atoms with Crippen LogP contribution in [0.15, 0.2) is 4.99 Å². The number of hydrogen-bond acceptors (Lipinski definition) is 3. The molecule has 0 amide bonds. The number of amidine groups is 1. The molecule has 0 spiro atoms. The predicted molar refractivity (Wildman–Crippen MR) is 60.7 cm³/mol. The van der Waals surface area contributed by atoms with Crippen LogP contribution in [0.25, 0.3) is 0 Å². The Morgan fingerprint density at radius 3 is 2.80 bits per heavy atom. The molecule has 0 fully saturated rings. The maximum absolute atomic E-state index is 10.9. The van der Waals surface area contributed by atoms with Gasteiger partial charge in [-0.25, -0.2) is 4.68 Å². The number of carbonyl (C=O) groups is 1. The Hall–Kier alpha value is -1.65. The SMILES string of the molecule is CCn1nc(C)c(C=O)c1NC(C)=NC. The molecule has 1 aromatic rings. The summed E-state index contributed by atoms with van der Waals surface area (Å²) in [7, 11) is 1.70. The van der Waals surface area contributed by atoms with Crippen molar-refractivity contribution in [3.63, 3.8) is 0 Å². The maximum atomic E-state index is 10.9. The van der Waals surface area contributed by atoms with Gasteiger partial charge in [-0.1, -0.05) is 0 Å². The Kier molecular flexibility index (Phi) is 3.60.